The van der Waals surface area contributed by atoms with Gasteiger partial charge in [-0.3, -0.25) is 9.59 Å². The highest BCUT2D eigenvalue weighted by Crippen LogP contribution is 2.28. The number of carbonyl (C=O) groups is 2. The number of aromatic nitrogens is 4. The number of nitrogens with zero attached hydrogens (tertiary/aromatic N) is 5. The number of fused-ring (bicyclic) bond motifs is 1. The van der Waals surface area contributed by atoms with Gasteiger partial charge in [-0.05, 0) is 35.9 Å². The third kappa shape index (κ3) is 4.26. The highest BCUT2D eigenvalue weighted by Gasteiger charge is 2.16. The molecule has 0 aliphatic carbocycles. The molecule has 0 saturated carbocycles. The van der Waals surface area contributed by atoms with Crippen molar-refractivity contribution in [3.63, 3.8) is 0 Å². The summed E-state index contributed by atoms with van der Waals surface area (Å²) in [5, 5.41) is 18.9. The summed E-state index contributed by atoms with van der Waals surface area (Å²) >= 11 is 0. The summed E-state index contributed by atoms with van der Waals surface area (Å²) in [7, 11) is 0. The van der Waals surface area contributed by atoms with Crippen molar-refractivity contribution in [2.24, 2.45) is 5.10 Å². The van der Waals surface area contributed by atoms with E-state index in [0.29, 0.717) is 23.0 Å². The summed E-state index contributed by atoms with van der Waals surface area (Å²) in [5.41, 5.74) is 5.16. The first kappa shape index (κ1) is 18.3. The Hall–Kier alpha value is -4.08. The van der Waals surface area contributed by atoms with E-state index in [2.05, 4.69) is 31.3 Å². The van der Waals surface area contributed by atoms with Crippen LogP contribution in [0.1, 0.15) is 12.5 Å². The van der Waals surface area contributed by atoms with Crippen LogP contribution in [0.3, 0.4) is 0 Å². The van der Waals surface area contributed by atoms with Gasteiger partial charge < -0.3 is 10.1 Å². The van der Waals surface area contributed by atoms with Gasteiger partial charge in [-0.2, -0.15) is 9.90 Å². The summed E-state index contributed by atoms with van der Waals surface area (Å²) in [6.45, 7) is 1.62. The number of anilines is 1. The van der Waals surface area contributed by atoms with Crippen LogP contribution in [0.2, 0.25) is 0 Å². The van der Waals surface area contributed by atoms with E-state index >= 15 is 0 Å². The third-order valence-electron chi connectivity index (χ3n) is 4.15. The minimum absolute atomic E-state index is 0.00220. The molecule has 0 atom stereocenters. The Kier molecular flexibility index (Phi) is 4.97. The van der Waals surface area contributed by atoms with E-state index < -0.39 is 5.91 Å². The Morgan fingerprint density at radius 3 is 2.93 bits per heavy atom. The molecule has 10 nitrogen and oxygen atoms in total. The summed E-state index contributed by atoms with van der Waals surface area (Å²) < 4.78 is 5.32. The Bertz CT molecular complexity index is 1090. The van der Waals surface area contributed by atoms with E-state index in [4.69, 9.17) is 4.74 Å². The topological polar surface area (TPSA) is 123 Å². The van der Waals surface area contributed by atoms with Gasteiger partial charge >= 0.3 is 0 Å². The van der Waals surface area contributed by atoms with E-state index in [1.807, 2.05) is 30.3 Å². The van der Waals surface area contributed by atoms with Gasteiger partial charge in [0, 0.05) is 5.56 Å². The van der Waals surface area contributed by atoms with Crippen molar-refractivity contribution >= 4 is 23.2 Å². The van der Waals surface area contributed by atoms with Crippen LogP contribution in [0, 0.1) is 0 Å². The van der Waals surface area contributed by atoms with Crippen molar-refractivity contribution in [3.8, 4) is 17.1 Å². The van der Waals surface area contributed by atoms with E-state index in [9.17, 15) is 9.59 Å². The van der Waals surface area contributed by atoms with E-state index in [1.165, 1.54) is 4.80 Å². The number of carbonyl (C=O) groups excluding carboxylic acids is 2. The van der Waals surface area contributed by atoms with E-state index in [1.54, 1.807) is 25.1 Å². The van der Waals surface area contributed by atoms with Crippen LogP contribution in [0.4, 0.5) is 5.69 Å². The minimum atomic E-state index is -0.393. The van der Waals surface area contributed by atoms with Crippen molar-refractivity contribution in [2.45, 2.75) is 13.5 Å². The number of hydrogen-bond donors (Lipinski definition) is 2. The van der Waals surface area contributed by atoms with Gasteiger partial charge in [0.1, 0.15) is 12.3 Å². The molecule has 1 aliphatic heterocycles. The Morgan fingerprint density at radius 2 is 2.10 bits per heavy atom. The van der Waals surface area contributed by atoms with Crippen LogP contribution in [-0.2, 0) is 16.1 Å². The molecule has 29 heavy (non-hydrogen) atoms. The number of hydrogen-bond acceptors (Lipinski definition) is 7. The molecule has 0 unspecified atom stereocenters. The SMILES string of the molecule is C/C(=N/NC(=O)Cn1nnc(-c2ccccc2)n1)c1ccc2c(c1)NC(=O)CO2. The molecule has 2 amide bonds. The van der Waals surface area contributed by atoms with Gasteiger partial charge in [-0.25, -0.2) is 5.43 Å². The summed E-state index contributed by atoms with van der Waals surface area (Å²) in [4.78, 5) is 24.8. The second-order valence-electron chi connectivity index (χ2n) is 6.29. The molecule has 1 aromatic heterocycles. The normalized spacial score (nSPS) is 13.3. The molecule has 2 N–H and O–H groups in total. The Morgan fingerprint density at radius 1 is 1.28 bits per heavy atom. The molecule has 146 valence electrons. The molecule has 0 saturated heterocycles. The lowest BCUT2D eigenvalue weighted by Crippen LogP contribution is -2.26. The summed E-state index contributed by atoms with van der Waals surface area (Å²) in [5.74, 6) is 0.428. The van der Waals surface area contributed by atoms with Crippen molar-refractivity contribution in [1.29, 1.82) is 0 Å². The zero-order valence-electron chi connectivity index (χ0n) is 15.5. The van der Waals surface area contributed by atoms with Gasteiger partial charge in [0.05, 0.1) is 11.4 Å². The lowest BCUT2D eigenvalue weighted by atomic mass is 10.1. The monoisotopic (exact) mass is 391 g/mol. The van der Waals surface area contributed by atoms with Crippen LogP contribution in [0.5, 0.6) is 5.75 Å². The number of amides is 2. The first-order valence-electron chi connectivity index (χ1n) is 8.82. The predicted octanol–water partition coefficient (Wildman–Crippen LogP) is 1.21. The van der Waals surface area contributed by atoms with Crippen LogP contribution < -0.4 is 15.5 Å². The van der Waals surface area contributed by atoms with E-state index in [0.717, 1.165) is 11.1 Å². The molecule has 10 heteroatoms. The highest BCUT2D eigenvalue weighted by molar-refractivity contribution is 6.02. The number of ether oxygens (including phenoxy) is 1. The van der Waals surface area contributed by atoms with Crippen LogP contribution in [0.15, 0.2) is 53.6 Å². The maximum Gasteiger partial charge on any atom is 0.263 e. The second kappa shape index (κ2) is 7.89. The molecule has 4 rings (SSSR count). The van der Waals surface area contributed by atoms with Crippen LogP contribution >= 0.6 is 0 Å². The molecule has 0 spiro atoms. The third-order valence-corrected chi connectivity index (χ3v) is 4.15. The Labute approximate surface area is 165 Å². The van der Waals surface area contributed by atoms with Crippen molar-refractivity contribution in [2.75, 3.05) is 11.9 Å². The summed E-state index contributed by atoms with van der Waals surface area (Å²) in [6, 6.07) is 14.6. The molecule has 0 bridgehead atoms. The highest BCUT2D eigenvalue weighted by atomic mass is 16.5. The number of benzene rings is 2. The lowest BCUT2D eigenvalue weighted by molar-refractivity contribution is -0.122. The standard InChI is InChI=1S/C19H17N7O3/c1-12(14-7-8-16-15(9-14)20-18(28)11-29-16)21-22-17(27)10-26-24-19(23-25-26)13-5-3-2-4-6-13/h2-9H,10-11H2,1H3,(H,20,28)(H,22,27)/b21-12-. The summed E-state index contributed by atoms with van der Waals surface area (Å²) in [6.07, 6.45) is 0. The van der Waals surface area contributed by atoms with Gasteiger partial charge in [-0.15, -0.1) is 10.2 Å². The number of rotatable bonds is 5. The molecular formula is C19H17N7O3. The molecule has 1 aliphatic rings. The number of tetrazole rings is 1. The van der Waals surface area contributed by atoms with Gasteiger partial charge in [-0.1, -0.05) is 30.3 Å². The Balaban J connectivity index is 1.39. The minimum Gasteiger partial charge on any atom is -0.482 e. The molecule has 3 aromatic rings. The number of hydrazone groups is 1. The van der Waals surface area contributed by atoms with Gasteiger partial charge in [0.2, 0.25) is 5.82 Å². The van der Waals surface area contributed by atoms with E-state index in [-0.39, 0.29) is 19.1 Å². The average Bonchev–Trinajstić information content (AvgIpc) is 3.20. The fourth-order valence-electron chi connectivity index (χ4n) is 2.70. The molecule has 0 fully saturated rings. The lowest BCUT2D eigenvalue weighted by Gasteiger charge is -2.18. The van der Waals surface area contributed by atoms with Crippen molar-refractivity contribution in [1.82, 2.24) is 25.6 Å². The zero-order chi connectivity index (χ0) is 20.2. The molecule has 2 heterocycles. The van der Waals surface area contributed by atoms with Gasteiger partial charge in [0.25, 0.3) is 11.8 Å². The maximum atomic E-state index is 12.1. The predicted molar refractivity (Wildman–Crippen MR) is 104 cm³/mol. The first-order valence-corrected chi connectivity index (χ1v) is 8.82. The quantitative estimate of drug-likeness (QED) is 0.498. The van der Waals surface area contributed by atoms with Crippen molar-refractivity contribution in [3.05, 3.63) is 54.1 Å². The molecule has 0 radical (unpaired) electrons. The largest absolute Gasteiger partial charge is 0.482 e. The first-order chi connectivity index (χ1) is 14.1. The fourth-order valence-corrected chi connectivity index (χ4v) is 2.70. The average molecular weight is 391 g/mol. The number of nitrogens with one attached hydrogen (secondary N) is 2. The van der Waals surface area contributed by atoms with Crippen LogP contribution in [0.25, 0.3) is 11.4 Å². The van der Waals surface area contributed by atoms with Crippen LogP contribution in [-0.4, -0.2) is 44.3 Å². The van der Waals surface area contributed by atoms with Gasteiger partial charge in [0.15, 0.2) is 6.61 Å². The second-order valence-corrected chi connectivity index (χ2v) is 6.29. The fraction of sp³-hybridized carbons (Fsp3) is 0.158. The maximum absolute atomic E-state index is 12.1. The molecular weight excluding hydrogens is 374 g/mol. The zero-order valence-corrected chi connectivity index (χ0v) is 15.5. The smallest absolute Gasteiger partial charge is 0.263 e. The molecule has 2 aromatic carbocycles. The van der Waals surface area contributed by atoms with Crippen molar-refractivity contribution < 1.29 is 14.3 Å².